The maximum Gasteiger partial charge on any atom is 0.319 e. The molecule has 0 bridgehead atoms. The van der Waals surface area contributed by atoms with Crippen LogP contribution < -0.4 is 16.0 Å². The number of hydrogen-bond acceptors (Lipinski definition) is 2. The third-order valence-corrected chi connectivity index (χ3v) is 5.12. The minimum atomic E-state index is -0.637. The predicted octanol–water partition coefficient (Wildman–Crippen LogP) is 4.19. The Balaban J connectivity index is 1.93. The van der Waals surface area contributed by atoms with Gasteiger partial charge in [0.1, 0.15) is 5.92 Å². The van der Waals surface area contributed by atoms with Gasteiger partial charge in [0.15, 0.2) is 0 Å². The number of hydrogen-bond donors (Lipinski definition) is 3. The van der Waals surface area contributed by atoms with E-state index in [2.05, 4.69) is 38.5 Å². The normalized spacial score (nSPS) is 19.5. The number of aryl methyl sites for hydroxylation is 1. The first-order chi connectivity index (χ1) is 12.4. The summed E-state index contributed by atoms with van der Waals surface area (Å²) in [7, 11) is 0. The largest absolute Gasteiger partial charge is 0.330 e. The van der Waals surface area contributed by atoms with E-state index < -0.39 is 12.0 Å². The summed E-state index contributed by atoms with van der Waals surface area (Å²) in [6, 6.07) is 12.4. The Kier molecular flexibility index (Phi) is 5.13. The van der Waals surface area contributed by atoms with Crippen LogP contribution >= 0.6 is 15.9 Å². The Morgan fingerprint density at radius 3 is 2.65 bits per heavy atom. The van der Waals surface area contributed by atoms with Gasteiger partial charge in [0.05, 0.1) is 6.04 Å². The fraction of sp³-hybridized carbons (Fsp3) is 0.200. The van der Waals surface area contributed by atoms with Crippen LogP contribution in [-0.4, -0.2) is 11.9 Å². The lowest BCUT2D eigenvalue weighted by Crippen LogP contribution is -2.51. The van der Waals surface area contributed by atoms with E-state index in [0.29, 0.717) is 5.70 Å². The second-order valence-electron chi connectivity index (χ2n) is 6.37. The zero-order valence-electron chi connectivity index (χ0n) is 14.6. The van der Waals surface area contributed by atoms with Crippen LogP contribution in [0, 0.1) is 19.8 Å². The number of benzene rings is 2. The van der Waals surface area contributed by atoms with Gasteiger partial charge in [-0.25, -0.2) is 4.79 Å². The van der Waals surface area contributed by atoms with Crippen molar-refractivity contribution in [1.29, 1.82) is 0 Å². The van der Waals surface area contributed by atoms with E-state index in [-0.39, 0.29) is 11.9 Å². The maximum absolute atomic E-state index is 13.0. The van der Waals surface area contributed by atoms with Gasteiger partial charge >= 0.3 is 6.03 Å². The lowest BCUT2D eigenvalue weighted by Gasteiger charge is -2.34. The first-order valence-corrected chi connectivity index (χ1v) is 9.05. The standard InChI is InChI=1S/C20H20BrN3O2/c1-11-6-4-9-16(12(11)2)23-19(25)17-13(3)22-20(26)24-18(17)14-7-5-8-15(21)10-14/h4-10,17-18H,3H2,1-2H3,(H,23,25)(H2,22,24,26)/t17-,18+/m0/s1. The Morgan fingerprint density at radius 1 is 1.19 bits per heavy atom. The summed E-state index contributed by atoms with van der Waals surface area (Å²) >= 11 is 3.44. The number of halogens is 1. The molecule has 5 nitrogen and oxygen atoms in total. The van der Waals surface area contributed by atoms with Crippen molar-refractivity contribution in [3.05, 3.63) is 75.9 Å². The molecule has 0 aromatic heterocycles. The zero-order chi connectivity index (χ0) is 18.8. The van der Waals surface area contributed by atoms with Crippen molar-refractivity contribution in [2.75, 3.05) is 5.32 Å². The minimum Gasteiger partial charge on any atom is -0.330 e. The summed E-state index contributed by atoms with van der Waals surface area (Å²) in [6.07, 6.45) is 0. The van der Waals surface area contributed by atoms with Crippen LogP contribution in [0.3, 0.4) is 0 Å². The molecule has 0 aliphatic carbocycles. The number of carbonyl (C=O) groups excluding carboxylic acids is 2. The molecule has 2 atom stereocenters. The summed E-state index contributed by atoms with van der Waals surface area (Å²) < 4.78 is 0.877. The second-order valence-corrected chi connectivity index (χ2v) is 7.29. The number of anilines is 1. The zero-order valence-corrected chi connectivity index (χ0v) is 16.2. The van der Waals surface area contributed by atoms with Gasteiger partial charge in [-0.2, -0.15) is 0 Å². The molecule has 0 unspecified atom stereocenters. The monoisotopic (exact) mass is 413 g/mol. The Bertz CT molecular complexity index is 894. The summed E-state index contributed by atoms with van der Waals surface area (Å²) in [6.45, 7) is 7.86. The molecule has 134 valence electrons. The van der Waals surface area contributed by atoms with Gasteiger partial charge in [0, 0.05) is 15.9 Å². The first kappa shape index (κ1) is 18.2. The van der Waals surface area contributed by atoms with Gasteiger partial charge in [-0.1, -0.05) is 46.8 Å². The molecule has 0 saturated carbocycles. The van der Waals surface area contributed by atoms with E-state index in [9.17, 15) is 9.59 Å². The molecule has 1 aliphatic heterocycles. The molecule has 3 rings (SSSR count). The van der Waals surface area contributed by atoms with Crippen molar-refractivity contribution < 1.29 is 9.59 Å². The summed E-state index contributed by atoms with van der Waals surface area (Å²) in [5, 5.41) is 8.44. The Labute approximate surface area is 161 Å². The van der Waals surface area contributed by atoms with Crippen LogP contribution in [0.4, 0.5) is 10.5 Å². The van der Waals surface area contributed by atoms with Gasteiger partial charge in [-0.05, 0) is 48.7 Å². The van der Waals surface area contributed by atoms with Crippen LogP contribution in [0.25, 0.3) is 0 Å². The lowest BCUT2D eigenvalue weighted by molar-refractivity contribution is -0.119. The molecule has 1 heterocycles. The number of rotatable bonds is 3. The van der Waals surface area contributed by atoms with Crippen LogP contribution in [0.1, 0.15) is 22.7 Å². The molecule has 2 aromatic carbocycles. The average molecular weight is 414 g/mol. The molecule has 26 heavy (non-hydrogen) atoms. The third kappa shape index (κ3) is 3.65. The van der Waals surface area contributed by atoms with E-state index in [4.69, 9.17) is 0 Å². The van der Waals surface area contributed by atoms with Gasteiger partial charge in [-0.3, -0.25) is 4.79 Å². The van der Waals surface area contributed by atoms with Crippen LogP contribution in [-0.2, 0) is 4.79 Å². The highest BCUT2D eigenvalue weighted by Gasteiger charge is 2.38. The Morgan fingerprint density at radius 2 is 1.92 bits per heavy atom. The summed E-state index contributed by atoms with van der Waals surface area (Å²) in [5.74, 6) is -0.858. The molecule has 2 aromatic rings. The van der Waals surface area contributed by atoms with Gasteiger partial charge < -0.3 is 16.0 Å². The van der Waals surface area contributed by atoms with Gasteiger partial charge in [-0.15, -0.1) is 0 Å². The SMILES string of the molecule is C=C1NC(=O)N[C@H](c2cccc(Br)c2)[C@H]1C(=O)Nc1cccc(C)c1C. The number of amides is 3. The number of urea groups is 1. The summed E-state index contributed by atoms with van der Waals surface area (Å²) in [4.78, 5) is 25.0. The van der Waals surface area contributed by atoms with Crippen molar-refractivity contribution >= 4 is 33.6 Å². The van der Waals surface area contributed by atoms with Crippen LogP contribution in [0.2, 0.25) is 0 Å². The molecule has 1 fully saturated rings. The predicted molar refractivity (Wildman–Crippen MR) is 106 cm³/mol. The third-order valence-electron chi connectivity index (χ3n) is 4.62. The average Bonchev–Trinajstić information content (AvgIpc) is 2.58. The highest BCUT2D eigenvalue weighted by atomic mass is 79.9. The molecule has 6 heteroatoms. The van der Waals surface area contributed by atoms with Crippen molar-refractivity contribution in [3.63, 3.8) is 0 Å². The topological polar surface area (TPSA) is 70.2 Å². The maximum atomic E-state index is 13.0. The second kappa shape index (κ2) is 7.33. The van der Waals surface area contributed by atoms with Crippen molar-refractivity contribution in [3.8, 4) is 0 Å². The highest BCUT2D eigenvalue weighted by molar-refractivity contribution is 9.10. The molecular weight excluding hydrogens is 394 g/mol. The van der Waals surface area contributed by atoms with Gasteiger partial charge in [0.25, 0.3) is 0 Å². The highest BCUT2D eigenvalue weighted by Crippen LogP contribution is 2.32. The fourth-order valence-corrected chi connectivity index (χ4v) is 3.48. The summed E-state index contributed by atoms with van der Waals surface area (Å²) in [5.41, 5.74) is 4.07. The molecular formula is C20H20BrN3O2. The molecule has 1 aliphatic rings. The molecule has 3 amide bonds. The number of nitrogens with one attached hydrogen (secondary N) is 3. The smallest absolute Gasteiger partial charge is 0.319 e. The van der Waals surface area contributed by atoms with Gasteiger partial charge in [0.2, 0.25) is 5.91 Å². The Hall–Kier alpha value is -2.60. The fourth-order valence-electron chi connectivity index (χ4n) is 3.07. The number of carbonyl (C=O) groups is 2. The van der Waals surface area contributed by atoms with Crippen molar-refractivity contribution in [2.24, 2.45) is 5.92 Å². The minimum absolute atomic E-state index is 0.221. The van der Waals surface area contributed by atoms with E-state index >= 15 is 0 Å². The molecule has 3 N–H and O–H groups in total. The van der Waals surface area contributed by atoms with Crippen molar-refractivity contribution in [2.45, 2.75) is 19.9 Å². The van der Waals surface area contributed by atoms with Crippen molar-refractivity contribution in [1.82, 2.24) is 10.6 Å². The van der Waals surface area contributed by atoms with E-state index in [0.717, 1.165) is 26.9 Å². The first-order valence-electron chi connectivity index (χ1n) is 8.25. The van der Waals surface area contributed by atoms with Crippen LogP contribution in [0.15, 0.2) is 59.2 Å². The van der Waals surface area contributed by atoms with E-state index in [1.54, 1.807) is 0 Å². The molecule has 1 saturated heterocycles. The van der Waals surface area contributed by atoms with E-state index in [1.807, 2.05) is 56.3 Å². The molecule has 0 spiro atoms. The quantitative estimate of drug-likeness (QED) is 0.705. The van der Waals surface area contributed by atoms with Crippen LogP contribution in [0.5, 0.6) is 0 Å². The molecule has 0 radical (unpaired) electrons. The lowest BCUT2D eigenvalue weighted by atomic mass is 9.88. The van der Waals surface area contributed by atoms with E-state index in [1.165, 1.54) is 0 Å².